The fourth-order valence-corrected chi connectivity index (χ4v) is 1.75. The Balaban J connectivity index is 1.88. The Bertz CT molecular complexity index is 570. The standard InChI is InChI=1S/C14H14F2N2O3/c15-14(16)21-10-5-3-9(4-6-10)12(19)8-18-13(20)11-2-1-7-17-11/h1-7,12,14,17,19H,8H2,(H,18,20). The van der Waals surface area contributed by atoms with E-state index in [1.165, 1.54) is 24.3 Å². The lowest BCUT2D eigenvalue weighted by molar-refractivity contribution is -0.0498. The molecule has 1 unspecified atom stereocenters. The van der Waals surface area contributed by atoms with Crippen LogP contribution in [0.3, 0.4) is 0 Å². The molecule has 0 spiro atoms. The van der Waals surface area contributed by atoms with Crippen LogP contribution in [0.1, 0.15) is 22.2 Å². The summed E-state index contributed by atoms with van der Waals surface area (Å²) in [7, 11) is 0. The van der Waals surface area contributed by atoms with Crippen LogP contribution < -0.4 is 10.1 Å². The van der Waals surface area contributed by atoms with Gasteiger partial charge in [0.1, 0.15) is 11.4 Å². The smallest absolute Gasteiger partial charge is 0.387 e. The van der Waals surface area contributed by atoms with Gasteiger partial charge in [0, 0.05) is 12.7 Å². The van der Waals surface area contributed by atoms with Gasteiger partial charge in [-0.2, -0.15) is 8.78 Å². The molecule has 2 rings (SSSR count). The summed E-state index contributed by atoms with van der Waals surface area (Å²) in [6.07, 6.45) is 0.678. The molecule has 1 aromatic carbocycles. The van der Waals surface area contributed by atoms with E-state index in [2.05, 4.69) is 15.0 Å². The summed E-state index contributed by atoms with van der Waals surface area (Å²) in [5, 5.41) is 12.5. The van der Waals surface area contributed by atoms with E-state index < -0.39 is 12.7 Å². The molecule has 2 aromatic rings. The number of amides is 1. The lowest BCUT2D eigenvalue weighted by Gasteiger charge is -2.12. The summed E-state index contributed by atoms with van der Waals surface area (Å²) in [6.45, 7) is -2.88. The highest BCUT2D eigenvalue weighted by Gasteiger charge is 2.12. The molecule has 5 nitrogen and oxygen atoms in total. The number of nitrogens with one attached hydrogen (secondary N) is 2. The van der Waals surface area contributed by atoms with E-state index in [9.17, 15) is 18.7 Å². The highest BCUT2D eigenvalue weighted by molar-refractivity contribution is 5.92. The summed E-state index contributed by atoms with van der Waals surface area (Å²) in [6, 6.07) is 8.88. The molecule has 0 fully saturated rings. The number of hydrogen-bond donors (Lipinski definition) is 3. The average molecular weight is 296 g/mol. The van der Waals surface area contributed by atoms with Gasteiger partial charge in [0.05, 0.1) is 6.10 Å². The molecular weight excluding hydrogens is 282 g/mol. The molecule has 0 radical (unpaired) electrons. The second-order valence-corrected chi connectivity index (χ2v) is 4.26. The van der Waals surface area contributed by atoms with Crippen LogP contribution in [0.15, 0.2) is 42.6 Å². The molecule has 0 aliphatic rings. The highest BCUT2D eigenvalue weighted by atomic mass is 19.3. The van der Waals surface area contributed by atoms with Crippen LogP contribution in [0.5, 0.6) is 5.75 Å². The van der Waals surface area contributed by atoms with Gasteiger partial charge in [-0.1, -0.05) is 12.1 Å². The summed E-state index contributed by atoms with van der Waals surface area (Å²) < 4.78 is 28.2. The maximum Gasteiger partial charge on any atom is 0.387 e. The number of aromatic amines is 1. The van der Waals surface area contributed by atoms with Crippen LogP contribution in [-0.4, -0.2) is 29.2 Å². The molecule has 1 atom stereocenters. The Hall–Kier alpha value is -2.41. The van der Waals surface area contributed by atoms with Gasteiger partial charge in [0.25, 0.3) is 5.91 Å². The minimum Gasteiger partial charge on any atom is -0.435 e. The Kier molecular flexibility index (Phi) is 4.89. The van der Waals surface area contributed by atoms with Gasteiger partial charge >= 0.3 is 6.61 Å². The van der Waals surface area contributed by atoms with Crippen molar-refractivity contribution in [2.45, 2.75) is 12.7 Å². The van der Waals surface area contributed by atoms with Crippen molar-refractivity contribution in [3.05, 3.63) is 53.9 Å². The maximum absolute atomic E-state index is 12.0. The van der Waals surface area contributed by atoms with Crippen molar-refractivity contribution in [2.24, 2.45) is 0 Å². The molecule has 1 heterocycles. The predicted molar refractivity (Wildman–Crippen MR) is 71.2 cm³/mol. The van der Waals surface area contributed by atoms with Gasteiger partial charge in [-0.3, -0.25) is 4.79 Å². The van der Waals surface area contributed by atoms with Crippen molar-refractivity contribution >= 4 is 5.91 Å². The molecule has 0 aliphatic heterocycles. The SMILES string of the molecule is O=C(NCC(O)c1ccc(OC(F)F)cc1)c1ccc[nH]1. The van der Waals surface area contributed by atoms with Crippen molar-refractivity contribution in [1.29, 1.82) is 0 Å². The van der Waals surface area contributed by atoms with Crippen LogP contribution in [0.4, 0.5) is 8.78 Å². The summed E-state index contributed by atoms with van der Waals surface area (Å²) in [5.74, 6) is -0.326. The number of H-pyrrole nitrogens is 1. The number of rotatable bonds is 6. The van der Waals surface area contributed by atoms with Crippen LogP contribution in [0.2, 0.25) is 0 Å². The van der Waals surface area contributed by atoms with Crippen LogP contribution in [-0.2, 0) is 0 Å². The number of hydrogen-bond acceptors (Lipinski definition) is 3. The first kappa shape index (κ1) is 15.0. The molecule has 0 saturated heterocycles. The van der Waals surface area contributed by atoms with E-state index in [1.807, 2.05) is 0 Å². The van der Waals surface area contributed by atoms with Gasteiger partial charge in [-0.25, -0.2) is 0 Å². The molecule has 1 amide bonds. The minimum atomic E-state index is -2.89. The third-order valence-electron chi connectivity index (χ3n) is 2.79. The van der Waals surface area contributed by atoms with E-state index in [0.717, 1.165) is 0 Å². The van der Waals surface area contributed by atoms with Crippen molar-refractivity contribution < 1.29 is 23.4 Å². The van der Waals surface area contributed by atoms with E-state index in [1.54, 1.807) is 18.3 Å². The number of halogens is 2. The fraction of sp³-hybridized carbons (Fsp3) is 0.214. The monoisotopic (exact) mass is 296 g/mol. The average Bonchev–Trinajstić information content (AvgIpc) is 2.99. The molecule has 0 saturated carbocycles. The number of aliphatic hydroxyl groups excluding tert-OH is 1. The first-order chi connectivity index (χ1) is 10.1. The zero-order valence-electron chi connectivity index (χ0n) is 10.9. The van der Waals surface area contributed by atoms with E-state index in [4.69, 9.17) is 0 Å². The number of carbonyl (C=O) groups excluding carboxylic acids is 1. The number of alkyl halides is 2. The van der Waals surface area contributed by atoms with Gasteiger partial charge in [0.2, 0.25) is 0 Å². The number of ether oxygens (including phenoxy) is 1. The van der Waals surface area contributed by atoms with Crippen LogP contribution in [0.25, 0.3) is 0 Å². The lowest BCUT2D eigenvalue weighted by Crippen LogP contribution is -2.28. The molecule has 112 valence electrons. The second-order valence-electron chi connectivity index (χ2n) is 4.26. The van der Waals surface area contributed by atoms with Crippen molar-refractivity contribution in [1.82, 2.24) is 10.3 Å². The quantitative estimate of drug-likeness (QED) is 0.764. The second kappa shape index (κ2) is 6.85. The van der Waals surface area contributed by atoms with Gasteiger partial charge in [-0.15, -0.1) is 0 Å². The summed E-state index contributed by atoms with van der Waals surface area (Å²) >= 11 is 0. The highest BCUT2D eigenvalue weighted by Crippen LogP contribution is 2.19. The molecular formula is C14H14F2N2O3. The third kappa shape index (κ3) is 4.28. The first-order valence-electron chi connectivity index (χ1n) is 6.20. The van der Waals surface area contributed by atoms with E-state index in [-0.39, 0.29) is 18.2 Å². The topological polar surface area (TPSA) is 74.3 Å². The van der Waals surface area contributed by atoms with Crippen LogP contribution >= 0.6 is 0 Å². The lowest BCUT2D eigenvalue weighted by atomic mass is 10.1. The number of benzene rings is 1. The maximum atomic E-state index is 12.0. The number of aromatic nitrogens is 1. The van der Waals surface area contributed by atoms with Gasteiger partial charge < -0.3 is 20.1 Å². The van der Waals surface area contributed by atoms with Crippen molar-refractivity contribution in [3.8, 4) is 5.75 Å². The first-order valence-corrected chi connectivity index (χ1v) is 6.20. The van der Waals surface area contributed by atoms with Gasteiger partial charge in [-0.05, 0) is 29.8 Å². The van der Waals surface area contributed by atoms with Crippen molar-refractivity contribution in [3.63, 3.8) is 0 Å². The number of aliphatic hydroxyl groups is 1. The molecule has 3 N–H and O–H groups in total. The normalized spacial score (nSPS) is 12.2. The largest absolute Gasteiger partial charge is 0.435 e. The Labute approximate surface area is 119 Å². The Morgan fingerprint density at radius 2 is 2.00 bits per heavy atom. The molecule has 0 aliphatic carbocycles. The number of carbonyl (C=O) groups is 1. The predicted octanol–water partition coefficient (Wildman–Crippen LogP) is 2.08. The van der Waals surface area contributed by atoms with E-state index >= 15 is 0 Å². The molecule has 7 heteroatoms. The zero-order valence-corrected chi connectivity index (χ0v) is 10.9. The summed E-state index contributed by atoms with van der Waals surface area (Å²) in [4.78, 5) is 14.4. The third-order valence-corrected chi connectivity index (χ3v) is 2.79. The van der Waals surface area contributed by atoms with E-state index in [0.29, 0.717) is 11.3 Å². The minimum absolute atomic E-state index is 0.00685. The summed E-state index contributed by atoms with van der Waals surface area (Å²) in [5.41, 5.74) is 0.881. The van der Waals surface area contributed by atoms with Crippen molar-refractivity contribution in [2.75, 3.05) is 6.54 Å². The molecule has 21 heavy (non-hydrogen) atoms. The fourth-order valence-electron chi connectivity index (χ4n) is 1.75. The Morgan fingerprint density at radius 1 is 1.29 bits per heavy atom. The van der Waals surface area contributed by atoms with Crippen LogP contribution in [0, 0.1) is 0 Å². The van der Waals surface area contributed by atoms with Gasteiger partial charge in [0.15, 0.2) is 0 Å². The molecule has 0 bridgehead atoms. The molecule has 1 aromatic heterocycles. The Morgan fingerprint density at radius 3 is 2.57 bits per heavy atom. The zero-order chi connectivity index (χ0) is 15.2.